The van der Waals surface area contributed by atoms with E-state index in [0.717, 1.165) is 5.56 Å². The van der Waals surface area contributed by atoms with Crippen LogP contribution in [0, 0.1) is 5.82 Å². The van der Waals surface area contributed by atoms with Gasteiger partial charge in [-0.05, 0) is 29.9 Å². The Morgan fingerprint density at radius 3 is 2.94 bits per heavy atom. The van der Waals surface area contributed by atoms with Gasteiger partial charge >= 0.3 is 0 Å². The topological polar surface area (TPSA) is 39.8 Å². The lowest BCUT2D eigenvalue weighted by Gasteiger charge is -2.22. The Labute approximate surface area is 111 Å². The lowest BCUT2D eigenvalue weighted by Crippen LogP contribution is -2.41. The molecule has 4 nitrogen and oxygen atoms in total. The molecule has 0 saturated carbocycles. The van der Waals surface area contributed by atoms with Crippen molar-refractivity contribution >= 4 is 25.2 Å². The largest absolute Gasteiger partial charge is 0.370 e. The van der Waals surface area contributed by atoms with Gasteiger partial charge in [-0.3, -0.25) is 5.01 Å². The quantitative estimate of drug-likeness (QED) is 0.463. The number of rotatable bonds is 3. The summed E-state index contributed by atoms with van der Waals surface area (Å²) in [5.74, 6) is -0.301. The number of nitrogens with one attached hydrogen (secondary N) is 2. The fourth-order valence-electron chi connectivity index (χ4n) is 2.14. The van der Waals surface area contributed by atoms with Gasteiger partial charge in [0.1, 0.15) is 19.3 Å². The fraction of sp³-hybridized carbons (Fsp3) is 0.364. The van der Waals surface area contributed by atoms with E-state index in [1.807, 2.05) is 6.07 Å². The van der Waals surface area contributed by atoms with Crippen molar-refractivity contribution in [3.8, 4) is 0 Å². The Hall–Kier alpha value is -1.18. The van der Waals surface area contributed by atoms with Gasteiger partial charge in [-0.2, -0.15) is 0 Å². The van der Waals surface area contributed by atoms with Gasteiger partial charge < -0.3 is 10.1 Å². The summed E-state index contributed by atoms with van der Waals surface area (Å²) in [7, 11) is 5.84. The van der Waals surface area contributed by atoms with Crippen LogP contribution in [0.1, 0.15) is 5.56 Å². The third kappa shape index (κ3) is 1.88. The SMILES string of the molecule is [B]C1OC1(CN1NCNC1=S)c1cccc(F)c1. The van der Waals surface area contributed by atoms with Crippen LogP contribution in [-0.4, -0.2) is 37.2 Å². The molecule has 1 aromatic rings. The van der Waals surface area contributed by atoms with E-state index in [-0.39, 0.29) is 5.82 Å². The zero-order valence-corrected chi connectivity index (χ0v) is 10.3. The van der Waals surface area contributed by atoms with E-state index >= 15 is 0 Å². The van der Waals surface area contributed by atoms with E-state index in [1.54, 1.807) is 11.1 Å². The van der Waals surface area contributed by atoms with Crippen molar-refractivity contribution in [2.45, 2.75) is 11.6 Å². The molecule has 2 heterocycles. The zero-order chi connectivity index (χ0) is 12.8. The van der Waals surface area contributed by atoms with Gasteiger partial charge in [0, 0.05) is 0 Å². The van der Waals surface area contributed by atoms with Gasteiger partial charge in [0.25, 0.3) is 0 Å². The molecule has 2 saturated heterocycles. The molecule has 0 amide bonds. The van der Waals surface area contributed by atoms with E-state index in [9.17, 15) is 4.39 Å². The lowest BCUT2D eigenvalue weighted by molar-refractivity contribution is 0.222. The number of hydrogen-bond donors (Lipinski definition) is 2. The summed E-state index contributed by atoms with van der Waals surface area (Å²) in [6.45, 7) is 1.02. The normalized spacial score (nSPS) is 30.4. The second-order valence-electron chi connectivity index (χ2n) is 4.34. The van der Waals surface area contributed by atoms with Gasteiger partial charge in [0.05, 0.1) is 19.2 Å². The van der Waals surface area contributed by atoms with Crippen LogP contribution in [0.2, 0.25) is 0 Å². The number of hydrazine groups is 1. The van der Waals surface area contributed by atoms with Crippen molar-refractivity contribution < 1.29 is 9.13 Å². The third-order valence-electron chi connectivity index (χ3n) is 3.20. The molecule has 92 valence electrons. The standard InChI is InChI=1S/C11H11BFN3OS/c12-9-11(17-9,5-16-10(18)14-6-15-16)7-2-1-3-8(13)4-7/h1-4,9,15H,5-6H2,(H,14,18). The molecule has 0 bridgehead atoms. The molecule has 2 N–H and O–H groups in total. The summed E-state index contributed by atoms with van der Waals surface area (Å²) >= 11 is 5.13. The summed E-state index contributed by atoms with van der Waals surface area (Å²) < 4.78 is 18.8. The van der Waals surface area contributed by atoms with Crippen LogP contribution in [0.3, 0.4) is 0 Å². The molecule has 18 heavy (non-hydrogen) atoms. The van der Waals surface area contributed by atoms with Crippen LogP contribution >= 0.6 is 12.2 Å². The fourth-order valence-corrected chi connectivity index (χ4v) is 2.34. The molecule has 3 rings (SSSR count). The Kier molecular flexibility index (Phi) is 2.76. The van der Waals surface area contributed by atoms with Crippen molar-refractivity contribution in [1.29, 1.82) is 0 Å². The van der Waals surface area contributed by atoms with Crippen LogP contribution in [0.5, 0.6) is 0 Å². The van der Waals surface area contributed by atoms with E-state index in [2.05, 4.69) is 10.7 Å². The molecule has 0 aromatic heterocycles. The molecule has 1 aromatic carbocycles. The minimum atomic E-state index is -0.689. The van der Waals surface area contributed by atoms with Gasteiger partial charge in [0.15, 0.2) is 5.11 Å². The smallest absolute Gasteiger partial charge is 0.184 e. The first kappa shape index (κ1) is 11.9. The predicted octanol–water partition coefficient (Wildman–Crippen LogP) is 0.198. The predicted molar refractivity (Wildman–Crippen MR) is 69.1 cm³/mol. The first-order valence-corrected chi connectivity index (χ1v) is 6.01. The van der Waals surface area contributed by atoms with Crippen LogP contribution in [0.4, 0.5) is 4.39 Å². The van der Waals surface area contributed by atoms with Crippen molar-refractivity contribution in [3.63, 3.8) is 0 Å². The Morgan fingerprint density at radius 1 is 1.61 bits per heavy atom. The van der Waals surface area contributed by atoms with Crippen LogP contribution in [0.15, 0.2) is 24.3 Å². The molecule has 2 unspecified atom stereocenters. The number of benzene rings is 1. The molecule has 7 heteroatoms. The molecule has 0 aliphatic carbocycles. The molecule has 2 aliphatic heterocycles. The highest BCUT2D eigenvalue weighted by atomic mass is 32.1. The summed E-state index contributed by atoms with van der Waals surface area (Å²) in [4.78, 5) is 0. The molecule has 2 aliphatic rings. The second-order valence-corrected chi connectivity index (χ2v) is 4.73. The maximum absolute atomic E-state index is 13.3. The number of thiocarbonyl (C=S) groups is 1. The number of epoxide rings is 1. The Morgan fingerprint density at radius 2 is 2.39 bits per heavy atom. The van der Waals surface area contributed by atoms with E-state index in [0.29, 0.717) is 18.3 Å². The Bertz CT molecular complexity index is 503. The molecular formula is C11H11BFN3OS. The van der Waals surface area contributed by atoms with E-state index in [4.69, 9.17) is 24.8 Å². The first-order valence-electron chi connectivity index (χ1n) is 5.60. The highest BCUT2D eigenvalue weighted by Crippen LogP contribution is 2.45. The van der Waals surface area contributed by atoms with Crippen molar-refractivity contribution in [2.75, 3.05) is 13.2 Å². The zero-order valence-electron chi connectivity index (χ0n) is 9.52. The maximum atomic E-state index is 13.3. The van der Waals surface area contributed by atoms with Crippen molar-refractivity contribution in [1.82, 2.24) is 15.8 Å². The number of nitrogens with zero attached hydrogens (tertiary/aromatic N) is 1. The van der Waals surface area contributed by atoms with Gasteiger partial charge in [-0.1, -0.05) is 12.1 Å². The number of hydrogen-bond acceptors (Lipinski definition) is 3. The molecule has 2 atom stereocenters. The monoisotopic (exact) mass is 263 g/mol. The average molecular weight is 263 g/mol. The van der Waals surface area contributed by atoms with E-state index in [1.165, 1.54) is 12.1 Å². The minimum absolute atomic E-state index is 0.301. The van der Waals surface area contributed by atoms with Gasteiger partial charge in [-0.15, -0.1) is 0 Å². The summed E-state index contributed by atoms with van der Waals surface area (Å²) in [5.41, 5.74) is 3.10. The Balaban J connectivity index is 1.85. The van der Waals surface area contributed by atoms with Crippen molar-refractivity contribution in [2.24, 2.45) is 0 Å². The molecule has 2 radical (unpaired) electrons. The lowest BCUT2D eigenvalue weighted by atomic mass is 9.85. The molecular weight excluding hydrogens is 252 g/mol. The third-order valence-corrected chi connectivity index (χ3v) is 3.57. The molecule has 0 spiro atoms. The second kappa shape index (κ2) is 4.19. The maximum Gasteiger partial charge on any atom is 0.184 e. The highest BCUT2D eigenvalue weighted by molar-refractivity contribution is 7.80. The summed E-state index contributed by atoms with van der Waals surface area (Å²) in [5, 5.41) is 5.32. The average Bonchev–Trinajstić information content (AvgIpc) is 2.82. The van der Waals surface area contributed by atoms with Crippen LogP contribution in [-0.2, 0) is 10.3 Å². The minimum Gasteiger partial charge on any atom is -0.370 e. The van der Waals surface area contributed by atoms with E-state index < -0.39 is 11.6 Å². The van der Waals surface area contributed by atoms with Crippen LogP contribution < -0.4 is 10.7 Å². The van der Waals surface area contributed by atoms with Gasteiger partial charge in [0.2, 0.25) is 0 Å². The highest BCUT2D eigenvalue weighted by Gasteiger charge is 2.55. The summed E-state index contributed by atoms with van der Waals surface area (Å²) in [6.07, 6.45) is 0. The molecule has 2 fully saturated rings. The van der Waals surface area contributed by atoms with Crippen LogP contribution in [0.25, 0.3) is 0 Å². The number of ether oxygens (including phenoxy) is 1. The number of halogens is 1. The van der Waals surface area contributed by atoms with Crippen molar-refractivity contribution in [3.05, 3.63) is 35.6 Å². The summed E-state index contributed by atoms with van der Waals surface area (Å²) in [6, 6.07) is 5.85. The first-order chi connectivity index (χ1) is 8.62. The van der Waals surface area contributed by atoms with Gasteiger partial charge in [-0.25, -0.2) is 9.82 Å².